The zero-order chi connectivity index (χ0) is 11.5. The minimum Gasteiger partial charge on any atom is -0.387 e. The van der Waals surface area contributed by atoms with E-state index in [-0.39, 0.29) is 0 Å². The molecule has 1 aliphatic carbocycles. The van der Waals surface area contributed by atoms with Gasteiger partial charge in [-0.15, -0.1) is 0 Å². The highest BCUT2D eigenvalue weighted by atomic mass is 35.5. The van der Waals surface area contributed by atoms with Crippen LogP contribution in [0.15, 0.2) is 23.2 Å². The lowest BCUT2D eigenvalue weighted by molar-refractivity contribution is 0.722. The zero-order valence-corrected chi connectivity index (χ0v) is 10.4. The van der Waals surface area contributed by atoms with Crippen molar-refractivity contribution in [1.29, 1.82) is 0 Å². The second-order valence-corrected chi connectivity index (χ2v) is 4.96. The average molecular weight is 257 g/mol. The van der Waals surface area contributed by atoms with Gasteiger partial charge in [-0.25, -0.2) is 4.99 Å². The lowest BCUT2D eigenvalue weighted by Gasteiger charge is -2.08. The van der Waals surface area contributed by atoms with Crippen molar-refractivity contribution in [3.63, 3.8) is 0 Å². The van der Waals surface area contributed by atoms with Gasteiger partial charge in [0, 0.05) is 10.9 Å². The Labute approximate surface area is 105 Å². The number of aliphatic imine (C=N–C) groups is 1. The Morgan fingerprint density at radius 1 is 1.25 bits per heavy atom. The van der Waals surface area contributed by atoms with Crippen LogP contribution < -0.4 is 5.73 Å². The minimum absolute atomic E-state index is 0.423. The lowest BCUT2D eigenvalue weighted by Crippen LogP contribution is -2.20. The van der Waals surface area contributed by atoms with Gasteiger partial charge in [-0.05, 0) is 31.0 Å². The van der Waals surface area contributed by atoms with Crippen LogP contribution in [-0.2, 0) is 0 Å². The second kappa shape index (κ2) is 5.07. The smallest absolute Gasteiger partial charge is 0.103 e. The SMILES string of the molecule is NC(=Nc1ccc(Cl)cc1Cl)C1CCCC1. The molecule has 0 radical (unpaired) electrons. The van der Waals surface area contributed by atoms with Crippen LogP contribution in [0.5, 0.6) is 0 Å². The molecule has 0 amide bonds. The number of halogens is 2. The molecule has 0 heterocycles. The molecule has 0 bridgehead atoms. The Bertz CT molecular complexity index is 409. The van der Waals surface area contributed by atoms with Crippen LogP contribution in [0, 0.1) is 5.92 Å². The Balaban J connectivity index is 2.20. The van der Waals surface area contributed by atoms with Crippen molar-refractivity contribution in [2.45, 2.75) is 25.7 Å². The van der Waals surface area contributed by atoms with Crippen LogP contribution in [0.2, 0.25) is 10.0 Å². The van der Waals surface area contributed by atoms with Crippen LogP contribution in [0.3, 0.4) is 0 Å². The molecule has 0 atom stereocenters. The third kappa shape index (κ3) is 2.69. The van der Waals surface area contributed by atoms with Gasteiger partial charge in [-0.2, -0.15) is 0 Å². The molecule has 2 nitrogen and oxygen atoms in total. The van der Waals surface area contributed by atoms with E-state index in [1.165, 1.54) is 12.8 Å². The van der Waals surface area contributed by atoms with E-state index in [2.05, 4.69) is 4.99 Å². The van der Waals surface area contributed by atoms with E-state index in [1.54, 1.807) is 18.2 Å². The summed E-state index contributed by atoms with van der Waals surface area (Å²) in [5.74, 6) is 1.12. The normalized spacial score (nSPS) is 18.0. The fraction of sp³-hybridized carbons (Fsp3) is 0.417. The van der Waals surface area contributed by atoms with E-state index in [0.717, 1.165) is 12.8 Å². The highest BCUT2D eigenvalue weighted by Gasteiger charge is 2.18. The maximum atomic E-state index is 6.03. The molecule has 0 aromatic heterocycles. The van der Waals surface area contributed by atoms with Crippen LogP contribution in [0.1, 0.15) is 25.7 Å². The van der Waals surface area contributed by atoms with E-state index in [1.807, 2.05) is 0 Å². The lowest BCUT2D eigenvalue weighted by atomic mass is 10.1. The highest BCUT2D eigenvalue weighted by molar-refractivity contribution is 6.36. The van der Waals surface area contributed by atoms with Gasteiger partial charge in [0.05, 0.1) is 10.7 Å². The number of amidine groups is 1. The summed E-state index contributed by atoms with van der Waals surface area (Å²) in [6.45, 7) is 0. The first-order chi connectivity index (χ1) is 7.66. The summed E-state index contributed by atoms with van der Waals surface area (Å²) in [4.78, 5) is 4.39. The second-order valence-electron chi connectivity index (χ2n) is 4.11. The first-order valence-corrected chi connectivity index (χ1v) is 6.21. The maximum Gasteiger partial charge on any atom is 0.103 e. The van der Waals surface area contributed by atoms with Gasteiger partial charge >= 0.3 is 0 Å². The molecule has 16 heavy (non-hydrogen) atoms. The fourth-order valence-corrected chi connectivity index (χ4v) is 2.47. The van der Waals surface area contributed by atoms with E-state index >= 15 is 0 Å². The molecule has 0 unspecified atom stereocenters. The van der Waals surface area contributed by atoms with Gasteiger partial charge in [0.2, 0.25) is 0 Å². The summed E-state index contributed by atoms with van der Waals surface area (Å²) in [6, 6.07) is 5.25. The molecule has 2 rings (SSSR count). The summed E-state index contributed by atoms with van der Waals surface area (Å²) < 4.78 is 0. The van der Waals surface area contributed by atoms with Crippen molar-refractivity contribution in [1.82, 2.24) is 0 Å². The number of benzene rings is 1. The number of hydrogen-bond acceptors (Lipinski definition) is 1. The van der Waals surface area contributed by atoms with Gasteiger partial charge in [0.15, 0.2) is 0 Å². The van der Waals surface area contributed by atoms with Gasteiger partial charge in [0.25, 0.3) is 0 Å². The molecular weight excluding hydrogens is 243 g/mol. The quantitative estimate of drug-likeness (QED) is 0.626. The predicted octanol–water partition coefficient (Wildman–Crippen LogP) is 4.17. The first kappa shape index (κ1) is 11.7. The van der Waals surface area contributed by atoms with Gasteiger partial charge in [-0.3, -0.25) is 0 Å². The highest BCUT2D eigenvalue weighted by Crippen LogP contribution is 2.30. The topological polar surface area (TPSA) is 38.4 Å². The molecule has 1 saturated carbocycles. The van der Waals surface area contributed by atoms with Gasteiger partial charge in [-0.1, -0.05) is 36.0 Å². The Kier molecular flexibility index (Phi) is 3.72. The monoisotopic (exact) mass is 256 g/mol. The summed E-state index contributed by atoms with van der Waals surface area (Å²) >= 11 is 11.8. The van der Waals surface area contributed by atoms with Crippen molar-refractivity contribution >= 4 is 34.7 Å². The van der Waals surface area contributed by atoms with E-state index in [9.17, 15) is 0 Å². The van der Waals surface area contributed by atoms with E-state index in [4.69, 9.17) is 28.9 Å². The predicted molar refractivity (Wildman–Crippen MR) is 69.7 cm³/mol. The third-order valence-electron chi connectivity index (χ3n) is 2.93. The molecule has 86 valence electrons. The third-order valence-corrected chi connectivity index (χ3v) is 3.47. The minimum atomic E-state index is 0.423. The number of hydrogen-bond donors (Lipinski definition) is 1. The molecule has 1 aromatic carbocycles. The number of nitrogens with two attached hydrogens (primary N) is 1. The molecular formula is C12H14Cl2N2. The molecule has 1 fully saturated rings. The van der Waals surface area contributed by atoms with Crippen molar-refractivity contribution in [2.75, 3.05) is 0 Å². The van der Waals surface area contributed by atoms with Crippen molar-refractivity contribution in [3.8, 4) is 0 Å². The Morgan fingerprint density at radius 2 is 1.94 bits per heavy atom. The maximum absolute atomic E-state index is 6.03. The van der Waals surface area contributed by atoms with Gasteiger partial charge < -0.3 is 5.73 Å². The molecule has 4 heteroatoms. The van der Waals surface area contributed by atoms with Gasteiger partial charge in [0.1, 0.15) is 5.84 Å². The fourth-order valence-electron chi connectivity index (χ4n) is 2.02. The summed E-state index contributed by atoms with van der Waals surface area (Å²) in [5.41, 5.74) is 6.68. The summed E-state index contributed by atoms with van der Waals surface area (Å²) in [6.07, 6.45) is 4.77. The van der Waals surface area contributed by atoms with Crippen LogP contribution >= 0.6 is 23.2 Å². The van der Waals surface area contributed by atoms with Crippen molar-refractivity contribution in [3.05, 3.63) is 28.2 Å². The average Bonchev–Trinajstić information content (AvgIpc) is 2.75. The first-order valence-electron chi connectivity index (χ1n) is 5.46. The molecule has 0 spiro atoms. The summed E-state index contributed by atoms with van der Waals surface area (Å²) in [5, 5.41) is 1.16. The van der Waals surface area contributed by atoms with Crippen LogP contribution in [-0.4, -0.2) is 5.84 Å². The van der Waals surface area contributed by atoms with E-state index < -0.39 is 0 Å². The standard InChI is InChI=1S/C12H14Cl2N2/c13-9-5-6-11(10(14)7-9)16-12(15)8-3-1-2-4-8/h5-8H,1-4H2,(H2,15,16). The number of nitrogens with zero attached hydrogens (tertiary/aromatic N) is 1. The van der Waals surface area contributed by atoms with Crippen LogP contribution in [0.25, 0.3) is 0 Å². The Morgan fingerprint density at radius 3 is 2.56 bits per heavy atom. The largest absolute Gasteiger partial charge is 0.387 e. The van der Waals surface area contributed by atoms with Crippen LogP contribution in [0.4, 0.5) is 5.69 Å². The molecule has 1 aromatic rings. The molecule has 0 aliphatic heterocycles. The molecule has 0 saturated heterocycles. The van der Waals surface area contributed by atoms with Crippen molar-refractivity contribution < 1.29 is 0 Å². The molecule has 1 aliphatic rings. The zero-order valence-electron chi connectivity index (χ0n) is 8.92. The number of rotatable bonds is 2. The molecule has 2 N–H and O–H groups in total. The van der Waals surface area contributed by atoms with Crippen molar-refractivity contribution in [2.24, 2.45) is 16.6 Å². The van der Waals surface area contributed by atoms with E-state index in [0.29, 0.717) is 27.5 Å². The summed E-state index contributed by atoms with van der Waals surface area (Å²) in [7, 11) is 0. The Hall–Kier alpha value is -0.730.